The maximum atomic E-state index is 11.0. The Balaban J connectivity index is 2.84. The van der Waals surface area contributed by atoms with Gasteiger partial charge in [0.15, 0.2) is 0 Å². The van der Waals surface area contributed by atoms with Gasteiger partial charge in [0, 0.05) is 0 Å². The molecule has 0 saturated heterocycles. The number of benzene rings is 1. The van der Waals surface area contributed by atoms with Crippen LogP contribution in [0.3, 0.4) is 0 Å². The monoisotopic (exact) mass is 210 g/mol. The maximum absolute atomic E-state index is 11.0. The third kappa shape index (κ3) is 2.89. The minimum atomic E-state index is -0.512. The van der Waals surface area contributed by atoms with Crippen LogP contribution in [-0.4, -0.2) is 11.8 Å². The molecule has 1 aromatic carbocycles. The van der Waals surface area contributed by atoms with Crippen LogP contribution in [0.25, 0.3) is 0 Å². The second-order valence-corrected chi connectivity index (χ2v) is 3.36. The second-order valence-electron chi connectivity index (χ2n) is 3.02. The predicted octanol–water partition coefficient (Wildman–Crippen LogP) is 3.02. The Hall–Kier alpha value is -1.28. The summed E-state index contributed by atoms with van der Waals surface area (Å²) in [5.74, 6) is 0.496. The molecule has 0 saturated carbocycles. The Morgan fingerprint density at radius 1 is 1.50 bits per heavy atom. The van der Waals surface area contributed by atoms with Crippen molar-refractivity contribution < 1.29 is 9.53 Å². The number of carbonyl (C=O) groups is 1. The largest absolute Gasteiger partial charge is 0.488 e. The molecule has 0 atom stereocenters. The van der Waals surface area contributed by atoms with Crippen molar-refractivity contribution in [1.82, 2.24) is 0 Å². The Bertz CT molecular complexity index is 358. The zero-order valence-corrected chi connectivity index (χ0v) is 8.67. The Labute approximate surface area is 88.1 Å². The highest BCUT2D eigenvalue weighted by atomic mass is 35.5. The van der Waals surface area contributed by atoms with Crippen LogP contribution in [-0.2, 0) is 0 Å². The molecule has 0 aromatic heterocycles. The SMILES string of the molecule is C=C(C)COc1ccccc1C(=O)Cl. The van der Waals surface area contributed by atoms with E-state index in [0.717, 1.165) is 5.57 Å². The van der Waals surface area contributed by atoms with E-state index in [0.29, 0.717) is 17.9 Å². The van der Waals surface area contributed by atoms with Crippen LogP contribution in [0.2, 0.25) is 0 Å². The molecule has 0 unspecified atom stereocenters. The van der Waals surface area contributed by atoms with Crippen LogP contribution in [0.15, 0.2) is 36.4 Å². The molecule has 0 amide bonds. The smallest absolute Gasteiger partial charge is 0.256 e. The summed E-state index contributed by atoms with van der Waals surface area (Å²) in [6.45, 7) is 5.94. The number of carbonyl (C=O) groups excluding carboxylic acids is 1. The molecule has 0 aliphatic rings. The Kier molecular flexibility index (Phi) is 3.72. The summed E-state index contributed by atoms with van der Waals surface area (Å²) in [5.41, 5.74) is 1.28. The standard InChI is InChI=1S/C11H11ClO2/c1-8(2)7-14-10-6-4-3-5-9(10)11(12)13/h3-6H,1,7H2,2H3. The van der Waals surface area contributed by atoms with Gasteiger partial charge in [-0.1, -0.05) is 18.7 Å². The fraction of sp³-hybridized carbons (Fsp3) is 0.182. The van der Waals surface area contributed by atoms with Crippen molar-refractivity contribution in [1.29, 1.82) is 0 Å². The highest BCUT2D eigenvalue weighted by Gasteiger charge is 2.08. The van der Waals surface area contributed by atoms with E-state index < -0.39 is 5.24 Å². The molecule has 0 N–H and O–H groups in total. The quantitative estimate of drug-likeness (QED) is 0.564. The van der Waals surface area contributed by atoms with Crippen molar-refractivity contribution in [2.24, 2.45) is 0 Å². The van der Waals surface area contributed by atoms with Crippen molar-refractivity contribution in [3.05, 3.63) is 42.0 Å². The molecular formula is C11H11ClO2. The van der Waals surface area contributed by atoms with Gasteiger partial charge in [0.2, 0.25) is 0 Å². The zero-order valence-electron chi connectivity index (χ0n) is 7.92. The first-order valence-electron chi connectivity index (χ1n) is 4.17. The van der Waals surface area contributed by atoms with E-state index in [1.54, 1.807) is 24.3 Å². The molecule has 0 aliphatic heterocycles. The van der Waals surface area contributed by atoms with Gasteiger partial charge in [0.1, 0.15) is 12.4 Å². The first-order valence-corrected chi connectivity index (χ1v) is 4.55. The molecule has 1 aromatic rings. The summed E-state index contributed by atoms with van der Waals surface area (Å²) < 4.78 is 5.36. The molecule has 74 valence electrons. The lowest BCUT2D eigenvalue weighted by atomic mass is 10.2. The third-order valence-electron chi connectivity index (χ3n) is 1.57. The van der Waals surface area contributed by atoms with Gasteiger partial charge in [-0.05, 0) is 36.2 Å². The molecule has 0 spiro atoms. The maximum Gasteiger partial charge on any atom is 0.256 e. The molecule has 0 radical (unpaired) electrons. The predicted molar refractivity (Wildman–Crippen MR) is 56.9 cm³/mol. The number of hydrogen-bond donors (Lipinski definition) is 0. The summed E-state index contributed by atoms with van der Waals surface area (Å²) in [7, 11) is 0. The molecule has 0 heterocycles. The average molecular weight is 211 g/mol. The summed E-state index contributed by atoms with van der Waals surface area (Å²) in [6.07, 6.45) is 0. The van der Waals surface area contributed by atoms with Crippen LogP contribution >= 0.6 is 11.6 Å². The van der Waals surface area contributed by atoms with E-state index in [2.05, 4.69) is 6.58 Å². The fourth-order valence-electron chi connectivity index (χ4n) is 0.956. The highest BCUT2D eigenvalue weighted by molar-refractivity contribution is 6.68. The topological polar surface area (TPSA) is 26.3 Å². The van der Waals surface area contributed by atoms with E-state index in [4.69, 9.17) is 16.3 Å². The minimum Gasteiger partial charge on any atom is -0.488 e. The molecule has 2 nitrogen and oxygen atoms in total. The Morgan fingerprint density at radius 2 is 2.14 bits per heavy atom. The van der Waals surface area contributed by atoms with E-state index >= 15 is 0 Å². The van der Waals surface area contributed by atoms with Crippen LogP contribution in [0.4, 0.5) is 0 Å². The van der Waals surface area contributed by atoms with Crippen molar-refractivity contribution in [3.63, 3.8) is 0 Å². The molecule has 0 bridgehead atoms. The normalized spacial score (nSPS) is 9.57. The van der Waals surface area contributed by atoms with Crippen molar-refractivity contribution in [3.8, 4) is 5.75 Å². The second kappa shape index (κ2) is 4.82. The average Bonchev–Trinajstić information content (AvgIpc) is 2.15. The van der Waals surface area contributed by atoms with Gasteiger partial charge >= 0.3 is 0 Å². The third-order valence-corrected chi connectivity index (χ3v) is 1.78. The van der Waals surface area contributed by atoms with Crippen LogP contribution in [0.5, 0.6) is 5.75 Å². The lowest BCUT2D eigenvalue weighted by Crippen LogP contribution is -2.01. The van der Waals surface area contributed by atoms with Crippen LogP contribution in [0.1, 0.15) is 17.3 Å². The van der Waals surface area contributed by atoms with Gasteiger partial charge in [0.25, 0.3) is 5.24 Å². The number of rotatable bonds is 4. The van der Waals surface area contributed by atoms with Crippen molar-refractivity contribution in [2.45, 2.75) is 6.92 Å². The lowest BCUT2D eigenvalue weighted by Gasteiger charge is -2.08. The fourth-order valence-corrected chi connectivity index (χ4v) is 1.11. The first kappa shape index (κ1) is 10.8. The Morgan fingerprint density at radius 3 is 2.71 bits per heavy atom. The first-order chi connectivity index (χ1) is 6.61. The van der Waals surface area contributed by atoms with Crippen molar-refractivity contribution >= 4 is 16.8 Å². The molecular weight excluding hydrogens is 200 g/mol. The van der Waals surface area contributed by atoms with Crippen molar-refractivity contribution in [2.75, 3.05) is 6.61 Å². The van der Waals surface area contributed by atoms with E-state index in [9.17, 15) is 4.79 Å². The molecule has 1 rings (SSSR count). The van der Waals surface area contributed by atoms with Gasteiger partial charge in [-0.15, -0.1) is 0 Å². The summed E-state index contributed by atoms with van der Waals surface area (Å²) in [4.78, 5) is 11.0. The number of para-hydroxylation sites is 1. The number of hydrogen-bond acceptors (Lipinski definition) is 2. The van der Waals surface area contributed by atoms with Gasteiger partial charge in [-0.25, -0.2) is 0 Å². The van der Waals surface area contributed by atoms with Gasteiger partial charge in [-0.3, -0.25) is 4.79 Å². The van der Waals surface area contributed by atoms with Crippen LogP contribution in [0, 0.1) is 0 Å². The molecule has 0 fully saturated rings. The van der Waals surface area contributed by atoms with E-state index in [1.807, 2.05) is 6.92 Å². The van der Waals surface area contributed by atoms with E-state index in [-0.39, 0.29) is 0 Å². The minimum absolute atomic E-state index is 0.385. The highest BCUT2D eigenvalue weighted by Crippen LogP contribution is 2.20. The van der Waals surface area contributed by atoms with Gasteiger partial charge in [-0.2, -0.15) is 0 Å². The lowest BCUT2D eigenvalue weighted by molar-refractivity contribution is 0.107. The van der Waals surface area contributed by atoms with Gasteiger partial charge < -0.3 is 4.74 Å². The number of halogens is 1. The number of ether oxygens (including phenoxy) is 1. The summed E-state index contributed by atoms with van der Waals surface area (Å²) in [5, 5.41) is -0.512. The summed E-state index contributed by atoms with van der Waals surface area (Å²) in [6, 6.07) is 6.86. The summed E-state index contributed by atoms with van der Waals surface area (Å²) >= 11 is 5.38. The molecule has 3 heteroatoms. The molecule has 0 aliphatic carbocycles. The molecule has 14 heavy (non-hydrogen) atoms. The van der Waals surface area contributed by atoms with E-state index in [1.165, 1.54) is 0 Å². The van der Waals surface area contributed by atoms with Gasteiger partial charge in [0.05, 0.1) is 5.56 Å². The zero-order chi connectivity index (χ0) is 10.6. The van der Waals surface area contributed by atoms with Crippen LogP contribution < -0.4 is 4.74 Å².